The van der Waals surface area contributed by atoms with Gasteiger partial charge in [0.15, 0.2) is 6.61 Å². The van der Waals surface area contributed by atoms with Gasteiger partial charge in [0.1, 0.15) is 5.75 Å². The lowest BCUT2D eigenvalue weighted by Gasteiger charge is -2.10. The van der Waals surface area contributed by atoms with Crippen molar-refractivity contribution in [3.63, 3.8) is 0 Å². The third-order valence-corrected chi connectivity index (χ3v) is 2.41. The van der Waals surface area contributed by atoms with Crippen molar-refractivity contribution < 1.29 is 9.53 Å². The molecule has 0 spiro atoms. The Balaban J connectivity index is 2.91. The third-order valence-electron chi connectivity index (χ3n) is 1.78. The number of ether oxygens (including phenoxy) is 1. The van der Waals surface area contributed by atoms with Crippen molar-refractivity contribution in [3.05, 3.63) is 26.8 Å². The second-order valence-electron chi connectivity index (χ2n) is 3.12. The zero-order valence-corrected chi connectivity index (χ0v) is 10.3. The molecular formula is C10H12INO2. The standard InChI is InChI=1S/C10H12INO2/c1-6-3-8(11)4-7(2)10(6)14-5-9(12)13/h3-4H,5H2,1-2H3,(H2,12,13). The van der Waals surface area contributed by atoms with Crippen molar-refractivity contribution in [2.45, 2.75) is 13.8 Å². The van der Waals surface area contributed by atoms with Gasteiger partial charge in [-0.3, -0.25) is 4.79 Å². The van der Waals surface area contributed by atoms with Gasteiger partial charge < -0.3 is 10.5 Å². The second-order valence-corrected chi connectivity index (χ2v) is 4.37. The molecule has 0 aliphatic heterocycles. The number of primary amides is 1. The van der Waals surface area contributed by atoms with Crippen LogP contribution in [0.25, 0.3) is 0 Å². The molecule has 1 aromatic rings. The Morgan fingerprint density at radius 3 is 2.36 bits per heavy atom. The fourth-order valence-corrected chi connectivity index (χ4v) is 2.20. The predicted octanol–water partition coefficient (Wildman–Crippen LogP) is 1.77. The summed E-state index contributed by atoms with van der Waals surface area (Å²) in [6.07, 6.45) is 0. The van der Waals surface area contributed by atoms with Crippen LogP contribution >= 0.6 is 22.6 Å². The Kier molecular flexibility index (Phi) is 3.74. The molecule has 76 valence electrons. The highest BCUT2D eigenvalue weighted by molar-refractivity contribution is 14.1. The highest BCUT2D eigenvalue weighted by atomic mass is 127. The summed E-state index contributed by atoms with van der Waals surface area (Å²) in [5, 5.41) is 0. The fourth-order valence-electron chi connectivity index (χ4n) is 1.27. The molecule has 0 radical (unpaired) electrons. The SMILES string of the molecule is Cc1cc(I)cc(C)c1OCC(N)=O. The van der Waals surface area contributed by atoms with Gasteiger partial charge in [-0.1, -0.05) is 0 Å². The minimum absolute atomic E-state index is 0.0672. The zero-order chi connectivity index (χ0) is 10.7. The van der Waals surface area contributed by atoms with Crippen LogP contribution in [0.3, 0.4) is 0 Å². The Morgan fingerprint density at radius 2 is 1.93 bits per heavy atom. The molecule has 0 saturated carbocycles. The van der Waals surface area contributed by atoms with Crippen molar-refractivity contribution in [1.82, 2.24) is 0 Å². The quantitative estimate of drug-likeness (QED) is 0.865. The molecular weight excluding hydrogens is 293 g/mol. The summed E-state index contributed by atoms with van der Waals surface area (Å²) in [6.45, 7) is 3.83. The number of hydrogen-bond acceptors (Lipinski definition) is 2. The van der Waals surface area contributed by atoms with Gasteiger partial charge in [-0.15, -0.1) is 0 Å². The number of hydrogen-bond donors (Lipinski definition) is 1. The number of rotatable bonds is 3. The molecule has 4 heteroatoms. The first-order valence-corrected chi connectivity index (χ1v) is 5.26. The van der Waals surface area contributed by atoms with E-state index in [9.17, 15) is 4.79 Å². The smallest absolute Gasteiger partial charge is 0.255 e. The van der Waals surface area contributed by atoms with Gasteiger partial charge in [-0.2, -0.15) is 0 Å². The second kappa shape index (κ2) is 4.63. The maximum Gasteiger partial charge on any atom is 0.255 e. The average Bonchev–Trinajstić information content (AvgIpc) is 2.01. The summed E-state index contributed by atoms with van der Waals surface area (Å²) < 4.78 is 6.46. The summed E-state index contributed by atoms with van der Waals surface area (Å²) in [5.74, 6) is 0.298. The number of amides is 1. The van der Waals surface area contributed by atoms with E-state index < -0.39 is 5.91 Å². The van der Waals surface area contributed by atoms with Gasteiger partial charge in [0.05, 0.1) is 0 Å². The number of halogens is 1. The molecule has 0 saturated heterocycles. The zero-order valence-electron chi connectivity index (χ0n) is 8.13. The average molecular weight is 305 g/mol. The number of benzene rings is 1. The van der Waals surface area contributed by atoms with Crippen molar-refractivity contribution in [2.24, 2.45) is 5.73 Å². The van der Waals surface area contributed by atoms with Crippen LogP contribution in [0.2, 0.25) is 0 Å². The minimum Gasteiger partial charge on any atom is -0.483 e. The van der Waals surface area contributed by atoms with E-state index in [1.54, 1.807) is 0 Å². The van der Waals surface area contributed by atoms with Crippen LogP contribution in [-0.4, -0.2) is 12.5 Å². The monoisotopic (exact) mass is 305 g/mol. The largest absolute Gasteiger partial charge is 0.483 e. The molecule has 14 heavy (non-hydrogen) atoms. The Labute approximate surface area is 96.8 Å². The lowest BCUT2D eigenvalue weighted by Crippen LogP contribution is -2.20. The van der Waals surface area contributed by atoms with Crippen LogP contribution < -0.4 is 10.5 Å². The summed E-state index contributed by atoms with van der Waals surface area (Å²) in [4.78, 5) is 10.6. The Morgan fingerprint density at radius 1 is 1.43 bits per heavy atom. The first kappa shape index (κ1) is 11.3. The van der Waals surface area contributed by atoms with E-state index in [0.29, 0.717) is 0 Å². The third kappa shape index (κ3) is 2.87. The lowest BCUT2D eigenvalue weighted by atomic mass is 10.1. The first-order chi connectivity index (χ1) is 6.50. The van der Waals surface area contributed by atoms with E-state index in [0.717, 1.165) is 20.4 Å². The molecule has 0 aliphatic rings. The molecule has 0 bridgehead atoms. The summed E-state index contributed by atoms with van der Waals surface area (Å²) >= 11 is 2.24. The van der Waals surface area contributed by atoms with Gasteiger partial charge in [0.2, 0.25) is 0 Å². The van der Waals surface area contributed by atoms with Crippen molar-refractivity contribution in [1.29, 1.82) is 0 Å². The van der Waals surface area contributed by atoms with E-state index in [4.69, 9.17) is 10.5 Å². The molecule has 0 aromatic heterocycles. The molecule has 0 fully saturated rings. The molecule has 3 nitrogen and oxygen atoms in total. The molecule has 2 N–H and O–H groups in total. The fraction of sp³-hybridized carbons (Fsp3) is 0.300. The Bertz CT molecular complexity index is 340. The van der Waals surface area contributed by atoms with E-state index in [1.807, 2.05) is 26.0 Å². The minimum atomic E-state index is -0.456. The molecule has 1 amide bonds. The van der Waals surface area contributed by atoms with Crippen LogP contribution in [0.15, 0.2) is 12.1 Å². The molecule has 1 rings (SSSR count). The number of carbonyl (C=O) groups is 1. The highest BCUT2D eigenvalue weighted by Gasteiger charge is 2.06. The van der Waals surface area contributed by atoms with Gasteiger partial charge >= 0.3 is 0 Å². The molecule has 1 aromatic carbocycles. The summed E-state index contributed by atoms with van der Waals surface area (Å²) in [6, 6.07) is 4.01. The number of carbonyl (C=O) groups excluding carboxylic acids is 1. The molecule has 0 unspecified atom stereocenters. The van der Waals surface area contributed by atoms with Crippen LogP contribution in [0.1, 0.15) is 11.1 Å². The molecule has 0 heterocycles. The molecule has 0 aliphatic carbocycles. The van der Waals surface area contributed by atoms with E-state index >= 15 is 0 Å². The maximum absolute atomic E-state index is 10.6. The van der Waals surface area contributed by atoms with Crippen LogP contribution in [-0.2, 0) is 4.79 Å². The van der Waals surface area contributed by atoms with Gasteiger partial charge in [0.25, 0.3) is 5.91 Å². The van der Waals surface area contributed by atoms with E-state index in [-0.39, 0.29) is 6.61 Å². The molecule has 0 atom stereocenters. The number of aryl methyl sites for hydroxylation is 2. The van der Waals surface area contributed by atoms with Crippen molar-refractivity contribution in [3.8, 4) is 5.75 Å². The lowest BCUT2D eigenvalue weighted by molar-refractivity contribution is -0.119. The van der Waals surface area contributed by atoms with Crippen LogP contribution in [0, 0.1) is 17.4 Å². The van der Waals surface area contributed by atoms with E-state index in [1.165, 1.54) is 0 Å². The van der Waals surface area contributed by atoms with Crippen molar-refractivity contribution >= 4 is 28.5 Å². The maximum atomic E-state index is 10.6. The Hall–Kier alpha value is -0.780. The summed E-state index contributed by atoms with van der Waals surface area (Å²) in [7, 11) is 0. The highest BCUT2D eigenvalue weighted by Crippen LogP contribution is 2.25. The van der Waals surface area contributed by atoms with Crippen LogP contribution in [0.5, 0.6) is 5.75 Å². The van der Waals surface area contributed by atoms with Crippen LogP contribution in [0.4, 0.5) is 0 Å². The van der Waals surface area contributed by atoms with Gasteiger partial charge in [-0.25, -0.2) is 0 Å². The normalized spacial score (nSPS) is 9.93. The topological polar surface area (TPSA) is 52.3 Å². The van der Waals surface area contributed by atoms with E-state index in [2.05, 4.69) is 22.6 Å². The predicted molar refractivity (Wildman–Crippen MR) is 63.3 cm³/mol. The van der Waals surface area contributed by atoms with Gasteiger partial charge in [-0.05, 0) is 59.7 Å². The van der Waals surface area contributed by atoms with Gasteiger partial charge in [0, 0.05) is 3.57 Å². The van der Waals surface area contributed by atoms with Crippen molar-refractivity contribution in [2.75, 3.05) is 6.61 Å². The number of nitrogens with two attached hydrogens (primary N) is 1. The first-order valence-electron chi connectivity index (χ1n) is 4.18. The summed E-state index contributed by atoms with van der Waals surface area (Å²) in [5.41, 5.74) is 7.05.